The second-order valence-corrected chi connectivity index (χ2v) is 8.87. The van der Waals surface area contributed by atoms with Gasteiger partial charge in [0.15, 0.2) is 5.65 Å². The minimum atomic E-state index is -0.981. The second-order valence-electron chi connectivity index (χ2n) is 7.92. The summed E-state index contributed by atoms with van der Waals surface area (Å²) >= 11 is 1.22. The molecular formula is C26H21N5O3S. The summed E-state index contributed by atoms with van der Waals surface area (Å²) in [7, 11) is 0. The molecule has 5 aromatic rings. The van der Waals surface area contributed by atoms with Crippen molar-refractivity contribution in [3.8, 4) is 0 Å². The Balaban J connectivity index is 1.31. The molecule has 0 bridgehead atoms. The number of amides is 1. The first-order chi connectivity index (χ1) is 17.1. The van der Waals surface area contributed by atoms with E-state index in [4.69, 9.17) is 10.1 Å². The summed E-state index contributed by atoms with van der Waals surface area (Å²) in [4.78, 5) is 28.1. The molecule has 0 aliphatic carbocycles. The van der Waals surface area contributed by atoms with E-state index in [9.17, 15) is 9.59 Å². The fourth-order valence-corrected chi connectivity index (χ4v) is 4.44. The number of carbonyl (C=O) groups excluding carboxylic acids is 1. The lowest BCUT2D eigenvalue weighted by molar-refractivity contribution is -0.118. The molecule has 1 amide bonds. The lowest BCUT2D eigenvalue weighted by Gasteiger charge is -2.07. The first kappa shape index (κ1) is 22.5. The molecule has 2 aromatic heterocycles. The molecule has 2 heterocycles. The predicted octanol–water partition coefficient (Wildman–Crippen LogP) is 4.13. The van der Waals surface area contributed by atoms with Crippen LogP contribution < -0.4 is 5.32 Å². The van der Waals surface area contributed by atoms with Gasteiger partial charge in [0, 0.05) is 18.5 Å². The molecule has 5 rings (SSSR count). The summed E-state index contributed by atoms with van der Waals surface area (Å²) in [5.41, 5.74) is 4.67. The molecule has 0 radical (unpaired) electrons. The van der Waals surface area contributed by atoms with Gasteiger partial charge in [0.1, 0.15) is 5.52 Å². The largest absolute Gasteiger partial charge is 0.478 e. The van der Waals surface area contributed by atoms with Gasteiger partial charge >= 0.3 is 5.97 Å². The highest BCUT2D eigenvalue weighted by Crippen LogP contribution is 2.28. The molecule has 0 saturated heterocycles. The Hall–Kier alpha value is -4.24. The Kier molecular flexibility index (Phi) is 6.40. The van der Waals surface area contributed by atoms with Crippen molar-refractivity contribution in [1.82, 2.24) is 25.1 Å². The van der Waals surface area contributed by atoms with Gasteiger partial charge in [-0.2, -0.15) is 0 Å². The topological polar surface area (TPSA) is 110 Å². The van der Waals surface area contributed by atoms with Crippen molar-refractivity contribution in [2.24, 2.45) is 0 Å². The number of carboxylic acids is 1. The average Bonchev–Trinajstić information content (AvgIpc) is 3.20. The number of carbonyl (C=O) groups is 2. The molecule has 3 aromatic carbocycles. The van der Waals surface area contributed by atoms with Crippen LogP contribution in [0.1, 0.15) is 21.5 Å². The Morgan fingerprint density at radius 1 is 0.886 bits per heavy atom. The Morgan fingerprint density at radius 3 is 2.40 bits per heavy atom. The standard InChI is InChI=1S/C26H21N5O3S/c32-22(27-14-17-10-12-19(13-11-17)25(33)34)16-35-26-28-24-23(29-30-26)20-8-4-5-9-21(20)31(24)15-18-6-2-1-3-7-18/h1-13H,14-16H2,(H,27,32)(H,33,34). The van der Waals surface area contributed by atoms with Gasteiger partial charge in [-0.15, -0.1) is 10.2 Å². The molecule has 0 unspecified atom stereocenters. The van der Waals surface area contributed by atoms with Gasteiger partial charge in [-0.25, -0.2) is 9.78 Å². The lowest BCUT2D eigenvalue weighted by atomic mass is 10.1. The molecular weight excluding hydrogens is 462 g/mol. The van der Waals surface area contributed by atoms with E-state index in [-0.39, 0.29) is 17.2 Å². The van der Waals surface area contributed by atoms with E-state index < -0.39 is 5.97 Å². The summed E-state index contributed by atoms with van der Waals surface area (Å²) in [6.07, 6.45) is 0. The quantitative estimate of drug-likeness (QED) is 0.319. The van der Waals surface area contributed by atoms with Crippen LogP contribution in [0.25, 0.3) is 22.1 Å². The minimum Gasteiger partial charge on any atom is -0.478 e. The Labute approximate surface area is 205 Å². The van der Waals surface area contributed by atoms with Crippen molar-refractivity contribution in [3.05, 3.63) is 95.6 Å². The SMILES string of the molecule is O=C(CSc1nnc2c3ccccc3n(Cc3ccccc3)c2n1)NCc1ccc(C(=O)O)cc1. The van der Waals surface area contributed by atoms with Crippen molar-refractivity contribution in [2.75, 3.05) is 5.75 Å². The summed E-state index contributed by atoms with van der Waals surface area (Å²) in [5.74, 6) is -1.02. The first-order valence-corrected chi connectivity index (χ1v) is 11.9. The molecule has 0 spiro atoms. The minimum absolute atomic E-state index is 0.138. The van der Waals surface area contributed by atoms with Gasteiger partial charge in [-0.05, 0) is 29.3 Å². The maximum Gasteiger partial charge on any atom is 0.335 e. The third-order valence-corrected chi connectivity index (χ3v) is 6.40. The van der Waals surface area contributed by atoms with E-state index in [1.165, 1.54) is 23.9 Å². The number of fused-ring (bicyclic) bond motifs is 3. The molecule has 174 valence electrons. The molecule has 0 aliphatic rings. The normalized spacial score (nSPS) is 11.1. The number of aromatic carboxylic acids is 1. The zero-order chi connectivity index (χ0) is 24.2. The molecule has 2 N–H and O–H groups in total. The number of benzene rings is 3. The monoisotopic (exact) mass is 483 g/mol. The number of aromatic nitrogens is 4. The average molecular weight is 484 g/mol. The van der Waals surface area contributed by atoms with E-state index in [1.807, 2.05) is 42.5 Å². The summed E-state index contributed by atoms with van der Waals surface area (Å²) in [5, 5.41) is 21.9. The summed E-state index contributed by atoms with van der Waals surface area (Å²) in [6, 6.07) is 24.6. The maximum atomic E-state index is 12.4. The van der Waals surface area contributed by atoms with Gasteiger partial charge in [0.25, 0.3) is 0 Å². The van der Waals surface area contributed by atoms with Gasteiger partial charge in [0.2, 0.25) is 11.1 Å². The molecule has 0 aliphatic heterocycles. The van der Waals surface area contributed by atoms with Crippen LogP contribution in [0.4, 0.5) is 0 Å². The predicted molar refractivity (Wildman–Crippen MR) is 134 cm³/mol. The summed E-state index contributed by atoms with van der Waals surface area (Å²) in [6.45, 7) is 0.956. The van der Waals surface area contributed by atoms with Gasteiger partial charge in [-0.3, -0.25) is 4.79 Å². The molecule has 35 heavy (non-hydrogen) atoms. The number of nitrogens with one attached hydrogen (secondary N) is 1. The molecule has 0 fully saturated rings. The number of hydrogen-bond donors (Lipinski definition) is 2. The van der Waals surface area contributed by atoms with Crippen LogP contribution in [0, 0.1) is 0 Å². The van der Waals surface area contributed by atoms with E-state index >= 15 is 0 Å². The highest BCUT2D eigenvalue weighted by atomic mass is 32.2. The number of nitrogens with zero attached hydrogens (tertiary/aromatic N) is 4. The highest BCUT2D eigenvalue weighted by molar-refractivity contribution is 7.99. The highest BCUT2D eigenvalue weighted by Gasteiger charge is 2.16. The van der Waals surface area contributed by atoms with E-state index in [0.29, 0.717) is 18.2 Å². The Morgan fingerprint density at radius 2 is 1.63 bits per heavy atom. The third-order valence-electron chi connectivity index (χ3n) is 5.56. The van der Waals surface area contributed by atoms with Crippen LogP contribution in [0.5, 0.6) is 0 Å². The number of hydrogen-bond acceptors (Lipinski definition) is 6. The lowest BCUT2D eigenvalue weighted by Crippen LogP contribution is -2.24. The van der Waals surface area contributed by atoms with Gasteiger partial charge < -0.3 is 15.0 Å². The van der Waals surface area contributed by atoms with Gasteiger partial charge in [-0.1, -0.05) is 72.4 Å². The van der Waals surface area contributed by atoms with E-state index in [0.717, 1.165) is 33.2 Å². The Bertz CT molecular complexity index is 1520. The number of thioether (sulfide) groups is 1. The fraction of sp³-hybridized carbons (Fsp3) is 0.115. The van der Waals surface area contributed by atoms with E-state index in [2.05, 4.69) is 32.2 Å². The van der Waals surface area contributed by atoms with Crippen LogP contribution in [0.15, 0.2) is 84.0 Å². The van der Waals surface area contributed by atoms with Crippen LogP contribution in [-0.2, 0) is 17.9 Å². The third kappa shape index (κ3) is 4.99. The fourth-order valence-electron chi connectivity index (χ4n) is 3.82. The van der Waals surface area contributed by atoms with Gasteiger partial charge in [0.05, 0.1) is 16.8 Å². The number of para-hydroxylation sites is 1. The maximum absolute atomic E-state index is 12.4. The van der Waals surface area contributed by atoms with Crippen molar-refractivity contribution in [3.63, 3.8) is 0 Å². The van der Waals surface area contributed by atoms with Crippen LogP contribution in [0.2, 0.25) is 0 Å². The molecule has 9 heteroatoms. The molecule has 8 nitrogen and oxygen atoms in total. The number of carboxylic acid groups (broad SMARTS) is 1. The summed E-state index contributed by atoms with van der Waals surface area (Å²) < 4.78 is 2.12. The van der Waals surface area contributed by atoms with Crippen molar-refractivity contribution < 1.29 is 14.7 Å². The smallest absolute Gasteiger partial charge is 0.335 e. The van der Waals surface area contributed by atoms with Crippen LogP contribution in [-0.4, -0.2) is 42.5 Å². The first-order valence-electron chi connectivity index (χ1n) is 11.0. The van der Waals surface area contributed by atoms with E-state index in [1.54, 1.807) is 12.1 Å². The van der Waals surface area contributed by atoms with Crippen LogP contribution in [0.3, 0.4) is 0 Å². The van der Waals surface area contributed by atoms with Crippen molar-refractivity contribution in [1.29, 1.82) is 0 Å². The zero-order valence-corrected chi connectivity index (χ0v) is 19.4. The molecule has 0 saturated carbocycles. The van der Waals surface area contributed by atoms with Crippen molar-refractivity contribution in [2.45, 2.75) is 18.2 Å². The zero-order valence-electron chi connectivity index (χ0n) is 18.6. The number of rotatable bonds is 8. The second kappa shape index (κ2) is 9.94. The van der Waals surface area contributed by atoms with Crippen molar-refractivity contribution >= 4 is 45.7 Å². The molecule has 0 atom stereocenters. The van der Waals surface area contributed by atoms with Crippen LogP contribution >= 0.6 is 11.8 Å².